The van der Waals surface area contributed by atoms with Gasteiger partial charge in [-0.05, 0) is 50.5 Å². The maximum Gasteiger partial charge on any atom is 0.316 e. The highest BCUT2D eigenvalue weighted by Crippen LogP contribution is 2.39. The number of anilines is 1. The largest absolute Gasteiger partial charge is 0.497 e. The number of fused-ring (bicyclic) bond motifs is 1. The van der Waals surface area contributed by atoms with Crippen molar-refractivity contribution in [3.05, 3.63) is 54.3 Å². The Labute approximate surface area is 172 Å². The van der Waals surface area contributed by atoms with Gasteiger partial charge in [-0.2, -0.15) is 10.1 Å². The van der Waals surface area contributed by atoms with Gasteiger partial charge in [-0.25, -0.2) is 9.67 Å². The molecule has 8 nitrogen and oxygen atoms in total. The predicted octanol–water partition coefficient (Wildman–Crippen LogP) is 4.06. The smallest absolute Gasteiger partial charge is 0.316 e. The number of carbonyl (C=O) groups excluding carboxylic acids is 1. The van der Waals surface area contributed by atoms with Crippen LogP contribution in [0.1, 0.15) is 36.1 Å². The van der Waals surface area contributed by atoms with E-state index in [4.69, 9.17) is 9.15 Å². The van der Waals surface area contributed by atoms with Gasteiger partial charge in [0.2, 0.25) is 11.5 Å². The molecule has 0 bridgehead atoms. The third-order valence-electron chi connectivity index (χ3n) is 5.34. The fourth-order valence-corrected chi connectivity index (χ4v) is 3.30. The first-order valence-corrected chi connectivity index (χ1v) is 9.74. The average molecular weight is 403 g/mol. The summed E-state index contributed by atoms with van der Waals surface area (Å²) < 4.78 is 12.1. The molecule has 3 aromatic heterocycles. The van der Waals surface area contributed by atoms with E-state index in [1.165, 1.54) is 4.68 Å². The molecule has 30 heavy (non-hydrogen) atoms. The molecule has 152 valence electrons. The zero-order valence-corrected chi connectivity index (χ0v) is 17.0. The van der Waals surface area contributed by atoms with E-state index in [2.05, 4.69) is 27.3 Å². The Bertz CT molecular complexity index is 1250. The normalized spacial score (nSPS) is 14.6. The first-order valence-electron chi connectivity index (χ1n) is 9.74. The summed E-state index contributed by atoms with van der Waals surface area (Å²) in [6.07, 6.45) is 5.42. The second-order valence-electron chi connectivity index (χ2n) is 7.86. The van der Waals surface area contributed by atoms with E-state index in [0.717, 1.165) is 35.1 Å². The minimum absolute atomic E-state index is 0.0000110. The lowest BCUT2D eigenvalue weighted by atomic mass is 10.1. The van der Waals surface area contributed by atoms with Crippen LogP contribution in [0.15, 0.2) is 47.1 Å². The van der Waals surface area contributed by atoms with Gasteiger partial charge < -0.3 is 14.5 Å². The van der Waals surface area contributed by atoms with Gasteiger partial charge in [-0.3, -0.25) is 4.79 Å². The number of nitrogens with zero attached hydrogens (tertiary/aromatic N) is 4. The number of carbonyl (C=O) groups is 1. The molecule has 0 spiro atoms. The van der Waals surface area contributed by atoms with E-state index in [1.807, 2.05) is 37.3 Å². The molecule has 1 aliphatic rings. The van der Waals surface area contributed by atoms with Crippen LogP contribution in [0.25, 0.3) is 22.2 Å². The lowest BCUT2D eigenvalue weighted by Crippen LogP contribution is -2.21. The summed E-state index contributed by atoms with van der Waals surface area (Å²) in [6.45, 7) is 3.98. The van der Waals surface area contributed by atoms with Gasteiger partial charge in [-0.1, -0.05) is 12.1 Å². The van der Waals surface area contributed by atoms with E-state index < -0.39 is 5.91 Å². The van der Waals surface area contributed by atoms with Crippen molar-refractivity contribution in [3.63, 3.8) is 0 Å². The minimum atomic E-state index is -0.422. The molecule has 4 aromatic rings. The monoisotopic (exact) mass is 403 g/mol. The molecule has 0 aliphatic heterocycles. The van der Waals surface area contributed by atoms with Crippen molar-refractivity contribution < 1.29 is 13.9 Å². The summed E-state index contributed by atoms with van der Waals surface area (Å²) in [5, 5.41) is 8.43. The summed E-state index contributed by atoms with van der Waals surface area (Å²) >= 11 is 0. The van der Waals surface area contributed by atoms with Crippen molar-refractivity contribution in [1.29, 1.82) is 0 Å². The molecule has 0 unspecified atom stereocenters. The Kier molecular flexibility index (Phi) is 4.09. The molecule has 0 saturated heterocycles. The number of aryl methyl sites for hydroxylation is 1. The van der Waals surface area contributed by atoms with Crippen molar-refractivity contribution in [3.8, 4) is 16.9 Å². The van der Waals surface area contributed by atoms with Gasteiger partial charge in [0, 0.05) is 17.3 Å². The van der Waals surface area contributed by atoms with Crippen LogP contribution in [0.5, 0.6) is 5.75 Å². The Morgan fingerprint density at radius 1 is 1.20 bits per heavy atom. The van der Waals surface area contributed by atoms with E-state index in [1.54, 1.807) is 19.5 Å². The first kappa shape index (κ1) is 18.4. The van der Waals surface area contributed by atoms with Crippen molar-refractivity contribution >= 4 is 22.8 Å². The minimum Gasteiger partial charge on any atom is -0.497 e. The van der Waals surface area contributed by atoms with Gasteiger partial charge in [0.05, 0.1) is 18.7 Å². The van der Waals surface area contributed by atoms with Gasteiger partial charge in [0.15, 0.2) is 0 Å². The summed E-state index contributed by atoms with van der Waals surface area (Å²) in [4.78, 5) is 21.9. The summed E-state index contributed by atoms with van der Waals surface area (Å²) in [6, 6.07) is 9.43. The van der Waals surface area contributed by atoms with E-state index in [-0.39, 0.29) is 11.4 Å². The maximum atomic E-state index is 13.1. The molecular formula is C22H21N5O3. The second kappa shape index (κ2) is 6.69. The highest BCUT2D eigenvalue weighted by Gasteiger charge is 2.38. The molecule has 1 aliphatic carbocycles. The molecule has 0 radical (unpaired) electrons. The fraction of sp³-hybridized carbons (Fsp3) is 0.273. The highest BCUT2D eigenvalue weighted by atomic mass is 16.5. The molecule has 5 rings (SSSR count). The summed E-state index contributed by atoms with van der Waals surface area (Å²) in [7, 11) is 1.62. The quantitative estimate of drug-likeness (QED) is 0.537. The molecule has 1 N–H and O–H groups in total. The average Bonchev–Trinajstić information content (AvgIpc) is 3.14. The third-order valence-corrected chi connectivity index (χ3v) is 5.34. The van der Waals surface area contributed by atoms with Crippen molar-refractivity contribution in [2.24, 2.45) is 0 Å². The number of ether oxygens (including phenoxy) is 1. The number of rotatable bonds is 5. The number of methoxy groups -OCH3 is 1. The lowest BCUT2D eigenvalue weighted by molar-refractivity contribution is 0.0934. The van der Waals surface area contributed by atoms with Crippen LogP contribution in [0.2, 0.25) is 0 Å². The number of nitrogens with one attached hydrogen (secondary N) is 1. The lowest BCUT2D eigenvalue weighted by Gasteiger charge is -2.13. The number of benzene rings is 1. The van der Waals surface area contributed by atoms with Crippen molar-refractivity contribution in [2.75, 3.05) is 12.4 Å². The van der Waals surface area contributed by atoms with Gasteiger partial charge in [0.25, 0.3) is 0 Å². The van der Waals surface area contributed by atoms with E-state index >= 15 is 0 Å². The van der Waals surface area contributed by atoms with Crippen molar-refractivity contribution in [2.45, 2.75) is 32.2 Å². The zero-order valence-electron chi connectivity index (χ0n) is 17.0. The Hall–Kier alpha value is -3.68. The van der Waals surface area contributed by atoms with Gasteiger partial charge in [0.1, 0.15) is 17.3 Å². The maximum absolute atomic E-state index is 13.1. The van der Waals surface area contributed by atoms with Crippen LogP contribution in [0.3, 0.4) is 0 Å². The van der Waals surface area contributed by atoms with Crippen LogP contribution < -0.4 is 10.1 Å². The summed E-state index contributed by atoms with van der Waals surface area (Å²) in [5.41, 5.74) is 2.13. The standard InChI is InChI=1S/C22H21N5O3/c1-13-10-17-18(26-22(2)8-9-22)24-19(25-20(17)30-13)21(28)27-12-15(11-23-27)14-4-6-16(29-3)7-5-14/h4-7,10-12H,8-9H2,1-3H3,(H,24,25,26). The molecular weight excluding hydrogens is 382 g/mol. The fourth-order valence-electron chi connectivity index (χ4n) is 3.30. The highest BCUT2D eigenvalue weighted by molar-refractivity contribution is 5.96. The van der Waals surface area contributed by atoms with Crippen LogP contribution in [-0.2, 0) is 0 Å². The molecule has 1 saturated carbocycles. The van der Waals surface area contributed by atoms with Gasteiger partial charge >= 0.3 is 5.91 Å². The SMILES string of the molecule is COc1ccc(-c2cnn(C(=O)c3nc(NC4(C)CC4)c4cc(C)oc4n3)c2)cc1. The Morgan fingerprint density at radius 3 is 2.67 bits per heavy atom. The van der Waals surface area contributed by atoms with Crippen LogP contribution in [0, 0.1) is 6.92 Å². The van der Waals surface area contributed by atoms with Crippen molar-refractivity contribution in [1.82, 2.24) is 19.7 Å². The molecule has 8 heteroatoms. The topological polar surface area (TPSA) is 95.1 Å². The third kappa shape index (κ3) is 3.30. The number of hydrogen-bond acceptors (Lipinski definition) is 7. The predicted molar refractivity (Wildman–Crippen MR) is 112 cm³/mol. The molecule has 3 heterocycles. The Balaban J connectivity index is 1.49. The number of furan rings is 1. The number of hydrogen-bond donors (Lipinski definition) is 1. The Morgan fingerprint density at radius 2 is 1.97 bits per heavy atom. The second-order valence-corrected chi connectivity index (χ2v) is 7.86. The first-order chi connectivity index (χ1) is 14.4. The van der Waals surface area contributed by atoms with Crippen LogP contribution in [0.4, 0.5) is 5.82 Å². The molecule has 0 amide bonds. The number of aromatic nitrogens is 4. The summed E-state index contributed by atoms with van der Waals surface area (Å²) in [5.74, 6) is 1.71. The molecule has 1 aromatic carbocycles. The van der Waals surface area contributed by atoms with Gasteiger partial charge in [-0.15, -0.1) is 0 Å². The molecule has 0 atom stereocenters. The van der Waals surface area contributed by atoms with Crippen LogP contribution >= 0.6 is 0 Å². The van der Waals surface area contributed by atoms with Crippen LogP contribution in [-0.4, -0.2) is 38.3 Å². The van der Waals surface area contributed by atoms with E-state index in [9.17, 15) is 4.79 Å². The zero-order chi connectivity index (χ0) is 20.9. The molecule has 1 fully saturated rings. The van der Waals surface area contributed by atoms with E-state index in [0.29, 0.717) is 17.3 Å².